The summed E-state index contributed by atoms with van der Waals surface area (Å²) in [6.45, 7) is 1.95. The fourth-order valence-corrected chi connectivity index (χ4v) is 2.04. The molecule has 1 amide bonds. The second kappa shape index (κ2) is 3.53. The highest BCUT2D eigenvalue weighted by molar-refractivity contribution is 14.1. The van der Waals surface area contributed by atoms with E-state index in [0.717, 1.165) is 10.4 Å². The summed E-state index contributed by atoms with van der Waals surface area (Å²) in [6, 6.07) is 1.96. The number of carbonyl (C=O) groups is 1. The SMILES string of the molecule is Cc1ccsc1C(=O)N(C)I. The van der Waals surface area contributed by atoms with E-state index in [4.69, 9.17) is 0 Å². The van der Waals surface area contributed by atoms with Crippen LogP contribution in [-0.4, -0.2) is 16.1 Å². The topological polar surface area (TPSA) is 20.3 Å². The van der Waals surface area contributed by atoms with Gasteiger partial charge in [-0.25, -0.2) is 0 Å². The third kappa shape index (κ3) is 1.93. The monoisotopic (exact) mass is 281 g/mol. The Labute approximate surface area is 83.7 Å². The number of hydrogen-bond donors (Lipinski definition) is 0. The van der Waals surface area contributed by atoms with Crippen LogP contribution in [0.4, 0.5) is 0 Å². The number of hydrogen-bond acceptors (Lipinski definition) is 2. The van der Waals surface area contributed by atoms with E-state index in [1.165, 1.54) is 11.3 Å². The van der Waals surface area contributed by atoms with E-state index in [2.05, 4.69) is 0 Å². The van der Waals surface area contributed by atoms with Gasteiger partial charge in [0.25, 0.3) is 5.91 Å². The lowest BCUT2D eigenvalue weighted by atomic mass is 10.3. The van der Waals surface area contributed by atoms with Gasteiger partial charge in [0.15, 0.2) is 0 Å². The molecular formula is C7H8INOS. The van der Waals surface area contributed by atoms with Crippen molar-refractivity contribution in [3.05, 3.63) is 21.9 Å². The van der Waals surface area contributed by atoms with E-state index in [1.807, 2.05) is 41.2 Å². The molecule has 0 aliphatic heterocycles. The molecule has 11 heavy (non-hydrogen) atoms. The highest BCUT2D eigenvalue weighted by Crippen LogP contribution is 2.18. The smallest absolute Gasteiger partial charge is 0.272 e. The van der Waals surface area contributed by atoms with Gasteiger partial charge in [0.05, 0.1) is 27.7 Å². The van der Waals surface area contributed by atoms with Crippen LogP contribution < -0.4 is 0 Å². The Morgan fingerprint density at radius 2 is 2.36 bits per heavy atom. The summed E-state index contributed by atoms with van der Waals surface area (Å²) in [6.07, 6.45) is 0. The summed E-state index contributed by atoms with van der Waals surface area (Å²) >= 11 is 3.47. The first-order valence-corrected chi connectivity index (χ1v) is 4.95. The first-order valence-electron chi connectivity index (χ1n) is 3.11. The molecule has 0 aromatic carbocycles. The zero-order chi connectivity index (χ0) is 8.43. The second-order valence-electron chi connectivity index (χ2n) is 2.22. The molecule has 2 nitrogen and oxygen atoms in total. The summed E-state index contributed by atoms with van der Waals surface area (Å²) in [4.78, 5) is 12.2. The predicted octanol–water partition coefficient (Wildman–Crippen LogP) is 2.48. The van der Waals surface area contributed by atoms with Gasteiger partial charge in [0.1, 0.15) is 0 Å². The molecule has 0 radical (unpaired) electrons. The number of amides is 1. The van der Waals surface area contributed by atoms with Gasteiger partial charge in [-0.15, -0.1) is 11.3 Å². The van der Waals surface area contributed by atoms with E-state index in [1.54, 1.807) is 10.2 Å². The van der Waals surface area contributed by atoms with E-state index in [-0.39, 0.29) is 5.91 Å². The first kappa shape index (κ1) is 8.99. The quantitative estimate of drug-likeness (QED) is 0.572. The summed E-state index contributed by atoms with van der Waals surface area (Å²) in [5, 5.41) is 1.93. The van der Waals surface area contributed by atoms with Crippen molar-refractivity contribution in [2.75, 3.05) is 7.05 Å². The molecule has 4 heteroatoms. The van der Waals surface area contributed by atoms with Crippen molar-refractivity contribution in [2.45, 2.75) is 6.92 Å². The van der Waals surface area contributed by atoms with Crippen molar-refractivity contribution in [1.29, 1.82) is 0 Å². The molecule has 0 saturated heterocycles. The number of carbonyl (C=O) groups excluding carboxylic acids is 1. The Morgan fingerprint density at radius 1 is 1.73 bits per heavy atom. The highest BCUT2D eigenvalue weighted by atomic mass is 127. The van der Waals surface area contributed by atoms with Crippen LogP contribution in [0.2, 0.25) is 0 Å². The average Bonchev–Trinajstić information content (AvgIpc) is 2.33. The summed E-state index contributed by atoms with van der Waals surface area (Å²) in [5.41, 5.74) is 1.06. The van der Waals surface area contributed by atoms with E-state index < -0.39 is 0 Å². The van der Waals surface area contributed by atoms with Crippen LogP contribution in [-0.2, 0) is 0 Å². The Hall–Kier alpha value is -0.100. The average molecular weight is 281 g/mol. The van der Waals surface area contributed by atoms with Gasteiger partial charge in [0.2, 0.25) is 0 Å². The largest absolute Gasteiger partial charge is 0.283 e. The molecule has 0 unspecified atom stereocenters. The third-order valence-electron chi connectivity index (χ3n) is 1.34. The number of rotatable bonds is 1. The lowest BCUT2D eigenvalue weighted by Gasteiger charge is -2.05. The van der Waals surface area contributed by atoms with Gasteiger partial charge < -0.3 is 0 Å². The van der Waals surface area contributed by atoms with Crippen molar-refractivity contribution in [3.8, 4) is 0 Å². The molecule has 0 aliphatic rings. The first-order chi connectivity index (χ1) is 5.13. The van der Waals surface area contributed by atoms with Crippen LogP contribution in [0, 0.1) is 6.92 Å². The Kier molecular flexibility index (Phi) is 2.89. The van der Waals surface area contributed by atoms with Gasteiger partial charge in [-0.05, 0) is 23.9 Å². The molecule has 0 spiro atoms. The van der Waals surface area contributed by atoms with E-state index in [9.17, 15) is 4.79 Å². The van der Waals surface area contributed by atoms with Crippen molar-refractivity contribution >= 4 is 40.1 Å². The Balaban J connectivity index is 2.93. The number of aryl methyl sites for hydroxylation is 1. The lowest BCUT2D eigenvalue weighted by Crippen LogP contribution is -2.14. The van der Waals surface area contributed by atoms with Gasteiger partial charge in [-0.2, -0.15) is 0 Å². The van der Waals surface area contributed by atoms with Crippen molar-refractivity contribution in [1.82, 2.24) is 3.11 Å². The zero-order valence-electron chi connectivity index (χ0n) is 6.30. The minimum Gasteiger partial charge on any atom is -0.283 e. The maximum Gasteiger partial charge on any atom is 0.272 e. The summed E-state index contributed by atoms with van der Waals surface area (Å²) in [5.74, 6) is 0.0816. The van der Waals surface area contributed by atoms with Crippen LogP contribution in [0.25, 0.3) is 0 Å². The maximum atomic E-state index is 11.4. The number of thiophene rings is 1. The number of halogens is 1. The lowest BCUT2D eigenvalue weighted by molar-refractivity contribution is 0.0910. The fraction of sp³-hybridized carbons (Fsp3) is 0.286. The predicted molar refractivity (Wildman–Crippen MR) is 55.2 cm³/mol. The highest BCUT2D eigenvalue weighted by Gasteiger charge is 2.12. The van der Waals surface area contributed by atoms with Gasteiger partial charge in [0, 0.05) is 7.05 Å². The van der Waals surface area contributed by atoms with Crippen LogP contribution in [0.15, 0.2) is 11.4 Å². The van der Waals surface area contributed by atoms with Crippen molar-refractivity contribution in [3.63, 3.8) is 0 Å². The van der Waals surface area contributed by atoms with Gasteiger partial charge in [-0.1, -0.05) is 0 Å². The molecule has 1 heterocycles. The molecule has 1 rings (SSSR count). The minimum absolute atomic E-state index is 0.0816. The minimum atomic E-state index is 0.0816. The van der Waals surface area contributed by atoms with Crippen LogP contribution in [0.1, 0.15) is 15.2 Å². The van der Waals surface area contributed by atoms with Crippen LogP contribution >= 0.6 is 34.2 Å². The standard InChI is InChI=1S/C7H8INOS/c1-5-3-4-11-6(5)7(10)9(2)8/h3-4H,1-2H3. The zero-order valence-corrected chi connectivity index (χ0v) is 9.27. The summed E-state index contributed by atoms with van der Waals surface area (Å²) < 4.78 is 1.57. The normalized spacial score (nSPS) is 9.73. The molecular weight excluding hydrogens is 273 g/mol. The van der Waals surface area contributed by atoms with Crippen LogP contribution in [0.3, 0.4) is 0 Å². The van der Waals surface area contributed by atoms with E-state index in [0.29, 0.717) is 0 Å². The molecule has 1 aromatic heterocycles. The molecule has 0 fully saturated rings. The Morgan fingerprint density at radius 3 is 2.73 bits per heavy atom. The van der Waals surface area contributed by atoms with Gasteiger partial charge in [-0.3, -0.25) is 7.91 Å². The van der Waals surface area contributed by atoms with Crippen molar-refractivity contribution in [2.24, 2.45) is 0 Å². The second-order valence-corrected chi connectivity index (χ2v) is 4.58. The fourth-order valence-electron chi connectivity index (χ4n) is 0.732. The van der Waals surface area contributed by atoms with Gasteiger partial charge >= 0.3 is 0 Å². The molecule has 0 atom stereocenters. The molecule has 0 saturated carbocycles. The molecule has 1 aromatic rings. The summed E-state index contributed by atoms with van der Waals surface area (Å²) in [7, 11) is 1.75. The molecule has 60 valence electrons. The maximum absolute atomic E-state index is 11.4. The molecule has 0 aliphatic carbocycles. The Bertz CT molecular complexity index is 269. The third-order valence-corrected chi connectivity index (χ3v) is 2.78. The molecule has 0 bridgehead atoms. The van der Waals surface area contributed by atoms with Crippen LogP contribution in [0.5, 0.6) is 0 Å². The van der Waals surface area contributed by atoms with E-state index >= 15 is 0 Å². The van der Waals surface area contributed by atoms with Crippen molar-refractivity contribution < 1.29 is 4.79 Å². The number of nitrogens with zero attached hydrogens (tertiary/aromatic N) is 1. The molecule has 0 N–H and O–H groups in total.